The van der Waals surface area contributed by atoms with Gasteiger partial charge in [0.1, 0.15) is 0 Å². The molecule has 1 fully saturated rings. The third kappa shape index (κ3) is 3.03. The van der Waals surface area contributed by atoms with Gasteiger partial charge in [0.2, 0.25) is 5.91 Å². The minimum Gasteiger partial charge on any atom is -0.378 e. The van der Waals surface area contributed by atoms with Gasteiger partial charge in [0.05, 0.1) is 25.5 Å². The van der Waals surface area contributed by atoms with Crippen LogP contribution in [0, 0.1) is 0 Å². The van der Waals surface area contributed by atoms with Crippen molar-refractivity contribution < 1.29 is 9.53 Å². The topological polar surface area (TPSA) is 59.4 Å². The molecule has 2 aliphatic rings. The normalized spacial score (nSPS) is 23.2. The lowest BCUT2D eigenvalue weighted by Gasteiger charge is -2.32. The number of carbonyl (C=O) groups excluding carboxylic acids is 1. The van der Waals surface area contributed by atoms with Crippen LogP contribution in [-0.4, -0.2) is 52.9 Å². The fourth-order valence-electron chi connectivity index (χ4n) is 3.50. The quantitative estimate of drug-likeness (QED) is 0.905. The summed E-state index contributed by atoms with van der Waals surface area (Å²) in [5, 5.41) is 8.00. The predicted molar refractivity (Wildman–Crippen MR) is 83.6 cm³/mol. The van der Waals surface area contributed by atoms with Crippen LogP contribution in [0.3, 0.4) is 0 Å². The molecule has 2 atom stereocenters. The Labute approximate surface area is 131 Å². The fraction of sp³-hybridized carbons (Fsp3) is 0.750. The van der Waals surface area contributed by atoms with Crippen LogP contribution in [0.5, 0.6) is 0 Å². The second-order valence-electron chi connectivity index (χ2n) is 6.13. The van der Waals surface area contributed by atoms with E-state index >= 15 is 0 Å². The van der Waals surface area contributed by atoms with E-state index in [9.17, 15) is 4.79 Å². The molecular weight excluding hydrogens is 280 g/mol. The third-order valence-electron chi connectivity index (χ3n) is 4.71. The molecule has 6 nitrogen and oxygen atoms in total. The maximum Gasteiger partial charge on any atom is 0.239 e. The van der Waals surface area contributed by atoms with Gasteiger partial charge in [-0.3, -0.25) is 14.8 Å². The number of carbonyl (C=O) groups is 1. The Morgan fingerprint density at radius 2 is 2.27 bits per heavy atom. The number of hydrogen-bond donors (Lipinski definition) is 1. The molecule has 22 heavy (non-hydrogen) atoms. The zero-order valence-electron chi connectivity index (χ0n) is 13.5. The molecule has 0 aromatic carbocycles. The monoisotopic (exact) mass is 306 g/mol. The van der Waals surface area contributed by atoms with Gasteiger partial charge in [-0.25, -0.2) is 0 Å². The van der Waals surface area contributed by atoms with Gasteiger partial charge in [0.25, 0.3) is 0 Å². The van der Waals surface area contributed by atoms with Crippen LogP contribution in [0.25, 0.3) is 0 Å². The fourth-order valence-corrected chi connectivity index (χ4v) is 3.50. The minimum atomic E-state index is -0.168. The molecule has 1 amide bonds. The Kier molecular flexibility index (Phi) is 4.78. The molecule has 1 N–H and O–H groups in total. The van der Waals surface area contributed by atoms with E-state index in [0.717, 1.165) is 25.8 Å². The van der Waals surface area contributed by atoms with Crippen molar-refractivity contribution >= 4 is 5.91 Å². The van der Waals surface area contributed by atoms with E-state index in [1.54, 1.807) is 0 Å². The summed E-state index contributed by atoms with van der Waals surface area (Å²) in [5.74, 6) is 0.179. The highest BCUT2D eigenvalue weighted by Crippen LogP contribution is 2.30. The van der Waals surface area contributed by atoms with Crippen LogP contribution in [0.2, 0.25) is 0 Å². The number of aryl methyl sites for hydroxylation is 1. The van der Waals surface area contributed by atoms with Crippen LogP contribution < -0.4 is 5.32 Å². The van der Waals surface area contributed by atoms with Gasteiger partial charge in [-0.2, -0.15) is 5.10 Å². The molecule has 1 aliphatic carbocycles. The zero-order chi connectivity index (χ0) is 15.5. The van der Waals surface area contributed by atoms with Gasteiger partial charge >= 0.3 is 0 Å². The second kappa shape index (κ2) is 6.79. The number of nitrogens with zero attached hydrogens (tertiary/aromatic N) is 3. The first kappa shape index (κ1) is 15.5. The largest absolute Gasteiger partial charge is 0.378 e. The van der Waals surface area contributed by atoms with E-state index in [1.165, 1.54) is 11.3 Å². The van der Waals surface area contributed by atoms with Crippen molar-refractivity contribution in [1.29, 1.82) is 0 Å². The molecule has 2 heterocycles. The average Bonchev–Trinajstić information content (AvgIpc) is 2.99. The SMILES string of the molecule is CCn1ncc2c1CCCC2NC(C)C(=O)N1CCOCC1. The van der Waals surface area contributed by atoms with Gasteiger partial charge in [-0.15, -0.1) is 0 Å². The number of morpholine rings is 1. The summed E-state index contributed by atoms with van der Waals surface area (Å²) in [6.07, 6.45) is 5.28. The van der Waals surface area contributed by atoms with Crippen molar-refractivity contribution in [3.8, 4) is 0 Å². The predicted octanol–water partition coefficient (Wildman–Crippen LogP) is 1.12. The summed E-state index contributed by atoms with van der Waals surface area (Å²) in [6.45, 7) is 7.70. The zero-order valence-corrected chi connectivity index (χ0v) is 13.5. The van der Waals surface area contributed by atoms with Gasteiger partial charge < -0.3 is 9.64 Å². The molecule has 0 bridgehead atoms. The lowest BCUT2D eigenvalue weighted by Crippen LogP contribution is -2.50. The lowest BCUT2D eigenvalue weighted by atomic mass is 9.92. The smallest absolute Gasteiger partial charge is 0.239 e. The lowest BCUT2D eigenvalue weighted by molar-refractivity contribution is -0.137. The van der Waals surface area contributed by atoms with E-state index in [2.05, 4.69) is 22.0 Å². The molecule has 1 saturated heterocycles. The summed E-state index contributed by atoms with van der Waals surface area (Å²) in [4.78, 5) is 14.4. The maximum atomic E-state index is 12.5. The molecule has 1 aromatic heterocycles. The first-order valence-electron chi connectivity index (χ1n) is 8.38. The highest BCUT2D eigenvalue weighted by atomic mass is 16.5. The number of rotatable bonds is 4. The Morgan fingerprint density at radius 3 is 3.00 bits per heavy atom. The van der Waals surface area contributed by atoms with Crippen molar-refractivity contribution in [3.63, 3.8) is 0 Å². The van der Waals surface area contributed by atoms with Gasteiger partial charge in [0.15, 0.2) is 0 Å². The molecule has 0 spiro atoms. The summed E-state index contributed by atoms with van der Waals surface area (Å²) in [7, 11) is 0. The van der Waals surface area contributed by atoms with Crippen LogP contribution >= 0.6 is 0 Å². The molecule has 1 aliphatic heterocycles. The van der Waals surface area contributed by atoms with Crippen molar-refractivity contribution in [2.75, 3.05) is 26.3 Å². The van der Waals surface area contributed by atoms with Gasteiger partial charge in [-0.1, -0.05) is 0 Å². The standard InChI is InChI=1S/C16H26N4O2/c1-3-20-15-6-4-5-14(13(15)11-17-20)18-12(2)16(21)19-7-9-22-10-8-19/h11-12,14,18H,3-10H2,1-2H3. The van der Waals surface area contributed by atoms with Gasteiger partial charge in [0, 0.05) is 36.9 Å². The molecule has 0 radical (unpaired) electrons. The molecule has 1 aromatic rings. The summed E-state index contributed by atoms with van der Waals surface area (Å²) >= 11 is 0. The van der Waals surface area contributed by atoms with E-state index in [1.807, 2.05) is 18.0 Å². The Morgan fingerprint density at radius 1 is 1.50 bits per heavy atom. The number of amides is 1. The third-order valence-corrected chi connectivity index (χ3v) is 4.71. The molecule has 3 rings (SSSR count). The second-order valence-corrected chi connectivity index (χ2v) is 6.13. The van der Waals surface area contributed by atoms with Crippen molar-refractivity contribution in [1.82, 2.24) is 20.0 Å². The van der Waals surface area contributed by atoms with E-state index < -0.39 is 0 Å². The number of aromatic nitrogens is 2. The van der Waals surface area contributed by atoms with Crippen molar-refractivity contribution in [2.45, 2.75) is 51.7 Å². The number of ether oxygens (including phenoxy) is 1. The van der Waals surface area contributed by atoms with Crippen molar-refractivity contribution in [2.24, 2.45) is 0 Å². The highest BCUT2D eigenvalue weighted by Gasteiger charge is 2.28. The van der Waals surface area contributed by atoms with Crippen LogP contribution in [-0.2, 0) is 22.5 Å². The van der Waals surface area contributed by atoms with Crippen molar-refractivity contribution in [3.05, 3.63) is 17.5 Å². The summed E-state index contributed by atoms with van der Waals surface area (Å²) in [5.41, 5.74) is 2.60. The Hall–Kier alpha value is -1.40. The molecule has 6 heteroatoms. The minimum absolute atomic E-state index is 0.168. The Balaban J connectivity index is 1.66. The first-order chi connectivity index (χ1) is 10.7. The maximum absolute atomic E-state index is 12.5. The van der Waals surface area contributed by atoms with Crippen LogP contribution in [0.1, 0.15) is 44.0 Å². The average molecular weight is 306 g/mol. The molecule has 122 valence electrons. The molecule has 0 saturated carbocycles. The summed E-state index contributed by atoms with van der Waals surface area (Å²) < 4.78 is 7.40. The molecule has 2 unspecified atom stereocenters. The van der Waals surface area contributed by atoms with E-state index in [-0.39, 0.29) is 18.0 Å². The first-order valence-corrected chi connectivity index (χ1v) is 8.38. The van der Waals surface area contributed by atoms with Gasteiger partial charge in [-0.05, 0) is 33.1 Å². The van der Waals surface area contributed by atoms with E-state index in [0.29, 0.717) is 26.3 Å². The van der Waals surface area contributed by atoms with E-state index in [4.69, 9.17) is 4.74 Å². The highest BCUT2D eigenvalue weighted by molar-refractivity contribution is 5.81. The number of nitrogens with one attached hydrogen (secondary N) is 1. The number of hydrogen-bond acceptors (Lipinski definition) is 4. The number of fused-ring (bicyclic) bond motifs is 1. The summed E-state index contributed by atoms with van der Waals surface area (Å²) in [6, 6.07) is 0.0723. The molecular formula is C16H26N4O2. The van der Waals surface area contributed by atoms with Crippen LogP contribution in [0.4, 0.5) is 0 Å². The Bertz CT molecular complexity index is 522. The van der Waals surface area contributed by atoms with Crippen LogP contribution in [0.15, 0.2) is 6.20 Å².